The van der Waals surface area contributed by atoms with Crippen molar-refractivity contribution in [3.8, 4) is 44.5 Å². The van der Waals surface area contributed by atoms with Crippen molar-refractivity contribution in [3.05, 3.63) is 212 Å². The van der Waals surface area contributed by atoms with E-state index < -0.39 is 0 Å². The predicted octanol–water partition coefficient (Wildman–Crippen LogP) is 14.1. The molecule has 0 saturated heterocycles. The van der Waals surface area contributed by atoms with Gasteiger partial charge in [0.25, 0.3) is 0 Å². The molecular weight excluding hydrogens is 615 g/mol. The maximum absolute atomic E-state index is 9.49. The van der Waals surface area contributed by atoms with E-state index in [9.17, 15) is 11.0 Å². The number of anilines is 3. The van der Waals surface area contributed by atoms with E-state index in [0.29, 0.717) is 16.8 Å². The first kappa shape index (κ1) is 22.8. The average Bonchev–Trinajstić information content (AvgIpc) is 3.27. The summed E-state index contributed by atoms with van der Waals surface area (Å²) < 4.78 is 75.2. The zero-order chi connectivity index (χ0) is 40.9. The van der Waals surface area contributed by atoms with Crippen LogP contribution in [-0.4, -0.2) is 0 Å². The van der Waals surface area contributed by atoms with Crippen molar-refractivity contribution in [1.82, 2.24) is 0 Å². The van der Waals surface area contributed by atoms with E-state index in [1.54, 1.807) is 30.3 Å². The standard InChI is InChI=1S/C50H35N/c1-2-9-36(10-3-1)39-17-19-40(20-18-39)41-25-29-48(30-26-41)51(49-31-27-42(28-32-49)46-23-21-37-11-4-6-13-43(37)33-46)50-16-8-15-45(35-50)47-24-22-38-12-5-7-14-44(38)34-47/h1-35H/i25D,26D,27D,28D,29D,30D,31D,32D. The summed E-state index contributed by atoms with van der Waals surface area (Å²) in [6, 6.07) is 49.0. The molecule has 0 bridgehead atoms. The molecule has 0 amide bonds. The largest absolute Gasteiger partial charge is 0.310 e. The molecule has 0 aromatic heterocycles. The van der Waals surface area contributed by atoms with E-state index in [1.807, 2.05) is 127 Å². The van der Waals surface area contributed by atoms with Gasteiger partial charge in [-0.1, -0.05) is 164 Å². The highest BCUT2D eigenvalue weighted by Crippen LogP contribution is 2.39. The third-order valence-electron chi connectivity index (χ3n) is 9.18. The van der Waals surface area contributed by atoms with Crippen LogP contribution in [0.1, 0.15) is 11.0 Å². The van der Waals surface area contributed by atoms with Crippen LogP contribution in [0.15, 0.2) is 212 Å². The SMILES string of the molecule is [2H]c1c([2H])c(N(c2cccc(-c3ccc4ccccc4c3)c2)c2c([2H])c([2H])c(-c3ccc4ccccc4c3)c([2H])c2[2H])c([2H])c([2H])c1-c1ccc(-c2ccccc2)cc1. The van der Waals surface area contributed by atoms with E-state index in [1.165, 1.54) is 4.90 Å². The van der Waals surface area contributed by atoms with Gasteiger partial charge in [0.05, 0.1) is 11.0 Å². The molecule has 0 radical (unpaired) electrons. The molecule has 9 aromatic carbocycles. The molecule has 0 atom stereocenters. The Balaban J connectivity index is 1.26. The molecule has 0 N–H and O–H groups in total. The molecule has 0 fully saturated rings. The topological polar surface area (TPSA) is 3.24 Å². The fraction of sp³-hybridized carbons (Fsp3) is 0. The van der Waals surface area contributed by atoms with Crippen LogP contribution in [0.4, 0.5) is 17.1 Å². The molecule has 240 valence electrons. The zero-order valence-electron chi connectivity index (χ0n) is 35.5. The number of hydrogen-bond acceptors (Lipinski definition) is 1. The first-order valence-corrected chi connectivity index (χ1v) is 16.9. The van der Waals surface area contributed by atoms with Crippen molar-refractivity contribution >= 4 is 38.6 Å². The summed E-state index contributed by atoms with van der Waals surface area (Å²) in [5.41, 5.74) is 4.79. The summed E-state index contributed by atoms with van der Waals surface area (Å²) in [6.45, 7) is 0. The lowest BCUT2D eigenvalue weighted by Gasteiger charge is -2.26. The van der Waals surface area contributed by atoms with E-state index in [4.69, 9.17) is 0 Å². The van der Waals surface area contributed by atoms with E-state index in [0.717, 1.165) is 43.8 Å². The highest BCUT2D eigenvalue weighted by molar-refractivity contribution is 5.90. The molecule has 0 aliphatic rings. The number of hydrogen-bond donors (Lipinski definition) is 0. The molecule has 1 nitrogen and oxygen atoms in total. The first-order chi connectivity index (χ1) is 28.6. The number of benzene rings is 9. The smallest absolute Gasteiger partial charge is 0.0645 e. The fourth-order valence-electron chi connectivity index (χ4n) is 6.49. The third-order valence-corrected chi connectivity index (χ3v) is 9.18. The van der Waals surface area contributed by atoms with E-state index in [-0.39, 0.29) is 70.8 Å². The van der Waals surface area contributed by atoms with Crippen LogP contribution in [0.25, 0.3) is 66.1 Å². The van der Waals surface area contributed by atoms with Gasteiger partial charge < -0.3 is 4.90 Å². The molecule has 0 saturated carbocycles. The van der Waals surface area contributed by atoms with Crippen LogP contribution in [0.3, 0.4) is 0 Å². The van der Waals surface area contributed by atoms with Crippen molar-refractivity contribution < 1.29 is 11.0 Å². The third kappa shape index (κ3) is 6.18. The number of nitrogens with zero attached hydrogens (tertiary/aromatic N) is 1. The van der Waals surface area contributed by atoms with Gasteiger partial charge in [-0.2, -0.15) is 0 Å². The molecule has 0 heterocycles. The number of fused-ring (bicyclic) bond motifs is 2. The van der Waals surface area contributed by atoms with Crippen LogP contribution in [0.5, 0.6) is 0 Å². The van der Waals surface area contributed by atoms with Crippen molar-refractivity contribution in [2.45, 2.75) is 0 Å². The van der Waals surface area contributed by atoms with Crippen LogP contribution in [-0.2, 0) is 0 Å². The minimum atomic E-state index is -0.389. The lowest BCUT2D eigenvalue weighted by molar-refractivity contribution is 1.28. The number of rotatable bonds is 7. The van der Waals surface area contributed by atoms with Gasteiger partial charge >= 0.3 is 0 Å². The Morgan fingerprint density at radius 1 is 0.255 bits per heavy atom. The van der Waals surface area contributed by atoms with Crippen molar-refractivity contribution in [3.63, 3.8) is 0 Å². The molecule has 0 spiro atoms. The summed E-state index contributed by atoms with van der Waals surface area (Å²) in [7, 11) is 0. The van der Waals surface area contributed by atoms with Gasteiger partial charge in [-0.15, -0.1) is 0 Å². The Kier molecular flexibility index (Phi) is 5.96. The molecule has 0 aliphatic carbocycles. The molecule has 1 heteroatoms. The Labute approximate surface area is 310 Å². The second kappa shape index (κ2) is 13.3. The summed E-state index contributed by atoms with van der Waals surface area (Å²) in [4.78, 5) is 1.36. The van der Waals surface area contributed by atoms with E-state index in [2.05, 4.69) is 6.07 Å². The average molecular weight is 658 g/mol. The first-order valence-electron chi connectivity index (χ1n) is 20.9. The van der Waals surface area contributed by atoms with Crippen LogP contribution in [0.2, 0.25) is 0 Å². The zero-order valence-corrected chi connectivity index (χ0v) is 27.5. The van der Waals surface area contributed by atoms with Gasteiger partial charge in [0.2, 0.25) is 0 Å². The highest BCUT2D eigenvalue weighted by Gasteiger charge is 2.15. The second-order valence-corrected chi connectivity index (χ2v) is 12.4. The van der Waals surface area contributed by atoms with Gasteiger partial charge in [-0.05, 0) is 114 Å². The molecule has 0 unspecified atom stereocenters. The maximum Gasteiger partial charge on any atom is 0.0645 e. The summed E-state index contributed by atoms with van der Waals surface area (Å²) in [5, 5.41) is 3.96. The van der Waals surface area contributed by atoms with Gasteiger partial charge in [0.15, 0.2) is 0 Å². The van der Waals surface area contributed by atoms with Gasteiger partial charge in [0, 0.05) is 17.1 Å². The molecule has 9 rings (SSSR count). The Hall–Kier alpha value is -6.70. The highest BCUT2D eigenvalue weighted by atomic mass is 15.1. The Morgan fingerprint density at radius 3 is 1.22 bits per heavy atom. The predicted molar refractivity (Wildman–Crippen MR) is 218 cm³/mol. The van der Waals surface area contributed by atoms with Gasteiger partial charge in [-0.25, -0.2) is 0 Å². The molecule has 9 aromatic rings. The second-order valence-electron chi connectivity index (χ2n) is 12.4. The van der Waals surface area contributed by atoms with Crippen molar-refractivity contribution in [2.24, 2.45) is 0 Å². The van der Waals surface area contributed by atoms with E-state index >= 15 is 0 Å². The van der Waals surface area contributed by atoms with Crippen molar-refractivity contribution in [2.75, 3.05) is 4.90 Å². The van der Waals surface area contributed by atoms with Crippen molar-refractivity contribution in [1.29, 1.82) is 0 Å². The van der Waals surface area contributed by atoms with Crippen LogP contribution < -0.4 is 4.90 Å². The van der Waals surface area contributed by atoms with Gasteiger partial charge in [0.1, 0.15) is 0 Å². The molecule has 0 aliphatic heterocycles. The van der Waals surface area contributed by atoms with Crippen LogP contribution in [0, 0.1) is 0 Å². The monoisotopic (exact) mass is 657 g/mol. The quantitative estimate of drug-likeness (QED) is 0.165. The fourth-order valence-corrected chi connectivity index (χ4v) is 6.49. The Bertz CT molecular complexity index is 3030. The Morgan fingerprint density at radius 2 is 0.647 bits per heavy atom. The molecular formula is C50H35N. The summed E-state index contributed by atoms with van der Waals surface area (Å²) in [5.74, 6) is 0. The minimum Gasteiger partial charge on any atom is -0.310 e. The summed E-state index contributed by atoms with van der Waals surface area (Å²) >= 11 is 0. The normalized spacial score (nSPS) is 13.3. The van der Waals surface area contributed by atoms with Crippen LogP contribution >= 0.6 is 0 Å². The lowest BCUT2D eigenvalue weighted by Crippen LogP contribution is -2.10. The van der Waals surface area contributed by atoms with Gasteiger partial charge in [-0.3, -0.25) is 0 Å². The minimum absolute atomic E-state index is 0.111. The maximum atomic E-state index is 9.49. The summed E-state index contributed by atoms with van der Waals surface area (Å²) in [6.07, 6.45) is 0. The lowest BCUT2D eigenvalue weighted by atomic mass is 9.99. The molecule has 51 heavy (non-hydrogen) atoms.